The Balaban J connectivity index is 1.76. The minimum absolute atomic E-state index is 0.193. The summed E-state index contributed by atoms with van der Waals surface area (Å²) in [4.78, 5) is 24.9. The number of anilines is 1. The first-order chi connectivity index (χ1) is 14.1. The highest BCUT2D eigenvalue weighted by molar-refractivity contribution is 5.96. The molecule has 3 aromatic rings. The molecule has 158 valence electrons. The molecule has 1 aromatic carbocycles. The molecule has 1 N–H and O–H groups in total. The molecule has 30 heavy (non-hydrogen) atoms. The van der Waals surface area contributed by atoms with Gasteiger partial charge in [-0.3, -0.25) is 9.48 Å². The lowest BCUT2D eigenvalue weighted by molar-refractivity contribution is -0.119. The van der Waals surface area contributed by atoms with E-state index in [2.05, 4.69) is 36.3 Å². The zero-order valence-corrected chi connectivity index (χ0v) is 18.2. The summed E-state index contributed by atoms with van der Waals surface area (Å²) in [6.07, 6.45) is 0. The van der Waals surface area contributed by atoms with Crippen molar-refractivity contribution in [3.8, 4) is 5.69 Å². The first-order valence-electron chi connectivity index (χ1n) is 9.71. The van der Waals surface area contributed by atoms with Gasteiger partial charge in [-0.1, -0.05) is 39.0 Å². The van der Waals surface area contributed by atoms with Gasteiger partial charge in [0.1, 0.15) is 11.4 Å². The van der Waals surface area contributed by atoms with Crippen molar-refractivity contribution in [2.75, 3.05) is 11.9 Å². The maximum absolute atomic E-state index is 12.5. The normalized spacial score (nSPS) is 11.4. The van der Waals surface area contributed by atoms with Gasteiger partial charge in [-0.15, -0.1) is 0 Å². The molecular formula is C22H27N5O3. The summed E-state index contributed by atoms with van der Waals surface area (Å²) in [6.45, 7) is 9.26. The summed E-state index contributed by atoms with van der Waals surface area (Å²) >= 11 is 0. The van der Waals surface area contributed by atoms with Crippen LogP contribution in [-0.4, -0.2) is 38.0 Å². The monoisotopic (exact) mass is 409 g/mol. The Morgan fingerprint density at radius 1 is 1.10 bits per heavy atom. The van der Waals surface area contributed by atoms with Crippen LogP contribution >= 0.6 is 0 Å². The molecule has 0 fully saturated rings. The average Bonchev–Trinajstić information content (AvgIpc) is 3.21. The van der Waals surface area contributed by atoms with E-state index in [4.69, 9.17) is 4.74 Å². The largest absolute Gasteiger partial charge is 0.452 e. The number of carbonyl (C=O) groups excluding carboxylic acids is 2. The smallest absolute Gasteiger partial charge is 0.342 e. The third-order valence-electron chi connectivity index (χ3n) is 4.79. The second-order valence-corrected chi connectivity index (χ2v) is 8.21. The van der Waals surface area contributed by atoms with E-state index in [9.17, 15) is 9.59 Å². The number of aromatic nitrogens is 4. The van der Waals surface area contributed by atoms with Gasteiger partial charge in [0.2, 0.25) is 0 Å². The van der Waals surface area contributed by atoms with Crippen molar-refractivity contribution in [1.29, 1.82) is 0 Å². The lowest BCUT2D eigenvalue weighted by atomic mass is 9.92. The zero-order valence-electron chi connectivity index (χ0n) is 18.2. The lowest BCUT2D eigenvalue weighted by Crippen LogP contribution is -2.22. The number of benzene rings is 1. The van der Waals surface area contributed by atoms with E-state index < -0.39 is 18.5 Å². The maximum atomic E-state index is 12.5. The molecule has 1 amide bonds. The van der Waals surface area contributed by atoms with Gasteiger partial charge in [0, 0.05) is 24.2 Å². The number of para-hydroxylation sites is 1. The van der Waals surface area contributed by atoms with Crippen LogP contribution in [0.4, 0.5) is 5.82 Å². The SMILES string of the molecule is Cc1nn(C)c(C)c1C(=O)OCC(=O)Nc1cc(C(C)(C)C)nn1-c1ccccc1. The molecule has 0 bridgehead atoms. The minimum atomic E-state index is -0.569. The van der Waals surface area contributed by atoms with Gasteiger partial charge in [0.15, 0.2) is 6.61 Å². The predicted octanol–water partition coefficient (Wildman–Crippen LogP) is 3.32. The van der Waals surface area contributed by atoms with Crippen LogP contribution in [0.1, 0.15) is 48.2 Å². The Kier molecular flexibility index (Phi) is 5.78. The zero-order chi connectivity index (χ0) is 22.1. The molecule has 8 nitrogen and oxygen atoms in total. The Hall–Kier alpha value is -3.42. The number of nitrogens with zero attached hydrogens (tertiary/aromatic N) is 4. The molecule has 0 aliphatic carbocycles. The van der Waals surface area contributed by atoms with Gasteiger partial charge >= 0.3 is 5.97 Å². The van der Waals surface area contributed by atoms with E-state index in [1.165, 1.54) is 0 Å². The van der Waals surface area contributed by atoms with Crippen LogP contribution in [0.2, 0.25) is 0 Å². The number of amides is 1. The highest BCUT2D eigenvalue weighted by Crippen LogP contribution is 2.26. The molecule has 3 rings (SSSR count). The summed E-state index contributed by atoms with van der Waals surface area (Å²) in [5.41, 5.74) is 3.10. The van der Waals surface area contributed by atoms with Crippen molar-refractivity contribution < 1.29 is 14.3 Å². The average molecular weight is 409 g/mol. The van der Waals surface area contributed by atoms with E-state index in [1.54, 1.807) is 30.3 Å². The summed E-state index contributed by atoms with van der Waals surface area (Å²) in [5.74, 6) is -0.499. The van der Waals surface area contributed by atoms with Gasteiger partial charge < -0.3 is 10.1 Å². The van der Waals surface area contributed by atoms with Crippen molar-refractivity contribution in [2.24, 2.45) is 7.05 Å². The van der Waals surface area contributed by atoms with Crippen LogP contribution in [0.25, 0.3) is 5.69 Å². The van der Waals surface area contributed by atoms with E-state index in [-0.39, 0.29) is 5.41 Å². The molecule has 2 aromatic heterocycles. The molecule has 0 aliphatic heterocycles. The first-order valence-corrected chi connectivity index (χ1v) is 9.71. The van der Waals surface area contributed by atoms with E-state index >= 15 is 0 Å². The van der Waals surface area contributed by atoms with Crippen molar-refractivity contribution in [1.82, 2.24) is 19.6 Å². The van der Waals surface area contributed by atoms with Gasteiger partial charge in [0.25, 0.3) is 5.91 Å². The number of rotatable bonds is 5. The molecule has 0 radical (unpaired) electrons. The number of hydrogen-bond acceptors (Lipinski definition) is 5. The van der Waals surface area contributed by atoms with Gasteiger partial charge in [-0.2, -0.15) is 10.2 Å². The van der Waals surface area contributed by atoms with Crippen LogP contribution in [-0.2, 0) is 22.0 Å². The Morgan fingerprint density at radius 2 is 1.77 bits per heavy atom. The number of esters is 1. The van der Waals surface area contributed by atoms with Crippen LogP contribution in [0.15, 0.2) is 36.4 Å². The van der Waals surface area contributed by atoms with Crippen LogP contribution in [0.3, 0.4) is 0 Å². The summed E-state index contributed by atoms with van der Waals surface area (Å²) in [7, 11) is 1.75. The van der Waals surface area contributed by atoms with E-state index in [0.717, 1.165) is 11.4 Å². The number of ether oxygens (including phenoxy) is 1. The van der Waals surface area contributed by atoms with Crippen LogP contribution in [0, 0.1) is 13.8 Å². The van der Waals surface area contributed by atoms with Gasteiger partial charge in [-0.25, -0.2) is 9.48 Å². The fourth-order valence-corrected chi connectivity index (χ4v) is 3.05. The highest BCUT2D eigenvalue weighted by Gasteiger charge is 2.23. The Labute approximate surface area is 175 Å². The van der Waals surface area contributed by atoms with Crippen molar-refractivity contribution in [3.63, 3.8) is 0 Å². The van der Waals surface area contributed by atoms with Crippen molar-refractivity contribution >= 4 is 17.7 Å². The molecule has 8 heteroatoms. The fourth-order valence-electron chi connectivity index (χ4n) is 3.05. The topological polar surface area (TPSA) is 91.0 Å². The molecular weight excluding hydrogens is 382 g/mol. The Bertz CT molecular complexity index is 1070. The highest BCUT2D eigenvalue weighted by atomic mass is 16.5. The molecule has 0 atom stereocenters. The number of carbonyl (C=O) groups is 2. The van der Waals surface area contributed by atoms with Crippen molar-refractivity contribution in [2.45, 2.75) is 40.0 Å². The van der Waals surface area contributed by atoms with Crippen LogP contribution < -0.4 is 5.32 Å². The van der Waals surface area contributed by atoms with E-state index in [0.29, 0.717) is 22.8 Å². The molecule has 2 heterocycles. The summed E-state index contributed by atoms with van der Waals surface area (Å²) in [5, 5.41) is 11.7. The summed E-state index contributed by atoms with van der Waals surface area (Å²) < 4.78 is 8.51. The Morgan fingerprint density at radius 3 is 2.33 bits per heavy atom. The minimum Gasteiger partial charge on any atom is -0.452 e. The second kappa shape index (κ2) is 8.14. The third-order valence-corrected chi connectivity index (χ3v) is 4.79. The second-order valence-electron chi connectivity index (χ2n) is 8.21. The number of nitrogens with one attached hydrogen (secondary N) is 1. The van der Waals surface area contributed by atoms with E-state index in [1.807, 2.05) is 36.4 Å². The molecule has 0 saturated carbocycles. The third kappa shape index (κ3) is 4.42. The van der Waals surface area contributed by atoms with Gasteiger partial charge in [0.05, 0.1) is 17.1 Å². The molecule has 0 unspecified atom stereocenters. The number of aryl methyl sites for hydroxylation is 2. The summed E-state index contributed by atoms with van der Waals surface area (Å²) in [6, 6.07) is 11.4. The maximum Gasteiger partial charge on any atom is 0.342 e. The lowest BCUT2D eigenvalue weighted by Gasteiger charge is -2.14. The molecule has 0 spiro atoms. The fraction of sp³-hybridized carbons (Fsp3) is 0.364. The molecule has 0 saturated heterocycles. The van der Waals surface area contributed by atoms with Gasteiger partial charge in [-0.05, 0) is 26.0 Å². The predicted molar refractivity (Wildman–Crippen MR) is 114 cm³/mol. The van der Waals surface area contributed by atoms with Crippen LogP contribution in [0.5, 0.6) is 0 Å². The molecule has 0 aliphatic rings. The van der Waals surface area contributed by atoms with Crippen molar-refractivity contribution in [3.05, 3.63) is 59.0 Å². The first kappa shape index (κ1) is 21.3. The number of hydrogen-bond donors (Lipinski definition) is 1. The standard InChI is InChI=1S/C22H27N5O3/c1-14-20(15(2)26(6)24-14)21(29)30-13-19(28)23-18-12-17(22(3,4)5)25-27(18)16-10-8-7-9-11-16/h7-12H,13H2,1-6H3,(H,23,28). The quantitative estimate of drug-likeness (QED) is 0.653.